The highest BCUT2D eigenvalue weighted by molar-refractivity contribution is 6.31. The van der Waals surface area contributed by atoms with Gasteiger partial charge in [-0.15, -0.1) is 0 Å². The number of fused-ring (bicyclic) bond motifs is 1. The molecule has 0 saturated carbocycles. The van der Waals surface area contributed by atoms with Gasteiger partial charge in [-0.3, -0.25) is 4.98 Å². The summed E-state index contributed by atoms with van der Waals surface area (Å²) in [7, 11) is 4.21. The zero-order chi connectivity index (χ0) is 13.7. The largest absolute Gasteiger partial charge is 0.384 e. The number of nitrogens with one attached hydrogen (secondary N) is 1. The summed E-state index contributed by atoms with van der Waals surface area (Å²) in [5.41, 5.74) is 2.07. The summed E-state index contributed by atoms with van der Waals surface area (Å²) in [6.07, 6.45) is 4.19. The number of pyridine rings is 1. The Morgan fingerprint density at radius 3 is 2.84 bits per heavy atom. The van der Waals surface area contributed by atoms with E-state index in [0.717, 1.165) is 41.1 Å². The van der Waals surface area contributed by atoms with Crippen LogP contribution in [0.15, 0.2) is 30.5 Å². The highest BCUT2D eigenvalue weighted by Crippen LogP contribution is 2.24. The van der Waals surface area contributed by atoms with E-state index in [9.17, 15) is 0 Å². The Labute approximate surface area is 119 Å². The zero-order valence-corrected chi connectivity index (χ0v) is 12.2. The smallest absolute Gasteiger partial charge is 0.0737 e. The van der Waals surface area contributed by atoms with Crippen LogP contribution in [0.4, 0.5) is 5.69 Å². The Morgan fingerprint density at radius 2 is 2.05 bits per heavy atom. The van der Waals surface area contributed by atoms with Crippen molar-refractivity contribution >= 4 is 28.2 Å². The number of nitrogens with zero attached hydrogens (tertiary/aromatic N) is 2. The molecule has 0 aliphatic rings. The Kier molecular flexibility index (Phi) is 5.00. The molecule has 2 rings (SSSR count). The van der Waals surface area contributed by atoms with Gasteiger partial charge < -0.3 is 10.2 Å². The normalized spacial score (nSPS) is 11.2. The van der Waals surface area contributed by atoms with Crippen molar-refractivity contribution in [1.29, 1.82) is 0 Å². The summed E-state index contributed by atoms with van der Waals surface area (Å²) in [5.74, 6) is 0. The van der Waals surface area contributed by atoms with Crippen molar-refractivity contribution in [3.05, 3.63) is 35.5 Å². The van der Waals surface area contributed by atoms with Crippen molar-refractivity contribution in [1.82, 2.24) is 9.88 Å². The summed E-state index contributed by atoms with van der Waals surface area (Å²) in [4.78, 5) is 6.55. The number of hydrogen-bond acceptors (Lipinski definition) is 3. The molecule has 1 aromatic heterocycles. The lowest BCUT2D eigenvalue weighted by atomic mass is 10.2. The first-order chi connectivity index (χ1) is 9.16. The minimum atomic E-state index is 0.725. The average molecular weight is 278 g/mol. The standard InChI is InChI=1S/C15H20ClN3/c1-19(2)10-4-3-8-17-14-7-9-18-15-11-12(16)5-6-13(14)15/h5-7,9,11H,3-4,8,10H2,1-2H3,(H,17,18). The van der Waals surface area contributed by atoms with Gasteiger partial charge in [-0.05, 0) is 57.7 Å². The van der Waals surface area contributed by atoms with Crippen LogP contribution < -0.4 is 5.32 Å². The molecule has 1 aromatic carbocycles. The Hall–Kier alpha value is -1.32. The third kappa shape index (κ3) is 4.08. The number of rotatable bonds is 6. The van der Waals surface area contributed by atoms with E-state index in [1.54, 1.807) is 0 Å². The van der Waals surface area contributed by atoms with E-state index in [2.05, 4.69) is 29.3 Å². The second-order valence-electron chi connectivity index (χ2n) is 4.96. The maximum atomic E-state index is 5.98. The highest BCUT2D eigenvalue weighted by atomic mass is 35.5. The van der Waals surface area contributed by atoms with Crippen molar-refractivity contribution in [3.8, 4) is 0 Å². The predicted molar refractivity (Wildman–Crippen MR) is 83.0 cm³/mol. The van der Waals surface area contributed by atoms with Crippen LogP contribution in [0.1, 0.15) is 12.8 Å². The van der Waals surface area contributed by atoms with Gasteiger partial charge in [-0.2, -0.15) is 0 Å². The van der Waals surface area contributed by atoms with E-state index in [1.165, 1.54) is 6.42 Å². The monoisotopic (exact) mass is 277 g/mol. The fourth-order valence-electron chi connectivity index (χ4n) is 2.05. The van der Waals surface area contributed by atoms with Crippen LogP contribution in [0.5, 0.6) is 0 Å². The van der Waals surface area contributed by atoms with Gasteiger partial charge >= 0.3 is 0 Å². The molecule has 102 valence electrons. The molecule has 0 radical (unpaired) electrons. The van der Waals surface area contributed by atoms with Crippen LogP contribution in [0.25, 0.3) is 10.9 Å². The molecule has 3 nitrogen and oxygen atoms in total. The van der Waals surface area contributed by atoms with Crippen LogP contribution in [0, 0.1) is 0 Å². The number of hydrogen-bond donors (Lipinski definition) is 1. The van der Waals surface area contributed by atoms with Crippen molar-refractivity contribution in [2.24, 2.45) is 0 Å². The maximum Gasteiger partial charge on any atom is 0.0737 e. The number of halogens is 1. The molecule has 0 aliphatic heterocycles. The summed E-state index contributed by atoms with van der Waals surface area (Å²) in [5, 5.41) is 5.33. The highest BCUT2D eigenvalue weighted by Gasteiger charge is 2.02. The van der Waals surface area contributed by atoms with Gasteiger partial charge in [0.05, 0.1) is 5.52 Å². The molecule has 2 aromatic rings. The Bertz CT molecular complexity index is 540. The minimum Gasteiger partial charge on any atom is -0.384 e. The van der Waals surface area contributed by atoms with E-state index >= 15 is 0 Å². The van der Waals surface area contributed by atoms with Gasteiger partial charge in [0.15, 0.2) is 0 Å². The second kappa shape index (κ2) is 6.73. The molecule has 0 bridgehead atoms. The molecule has 19 heavy (non-hydrogen) atoms. The van der Waals surface area contributed by atoms with Crippen molar-refractivity contribution < 1.29 is 0 Å². The molecule has 1 heterocycles. The molecule has 0 aliphatic carbocycles. The Morgan fingerprint density at radius 1 is 1.21 bits per heavy atom. The van der Waals surface area contributed by atoms with Gasteiger partial charge in [-0.25, -0.2) is 0 Å². The van der Waals surface area contributed by atoms with E-state index in [-0.39, 0.29) is 0 Å². The molecule has 4 heteroatoms. The molecule has 0 spiro atoms. The predicted octanol–water partition coefficient (Wildman–Crippen LogP) is 3.64. The van der Waals surface area contributed by atoms with Crippen molar-refractivity contribution in [3.63, 3.8) is 0 Å². The molecule has 0 atom stereocenters. The minimum absolute atomic E-state index is 0.725. The number of anilines is 1. The fraction of sp³-hybridized carbons (Fsp3) is 0.400. The first kappa shape index (κ1) is 14.1. The van der Waals surface area contributed by atoms with Gasteiger partial charge in [0, 0.05) is 28.8 Å². The SMILES string of the molecule is CN(C)CCCCNc1ccnc2cc(Cl)ccc12. The summed E-state index contributed by atoms with van der Waals surface area (Å²) in [6, 6.07) is 7.84. The van der Waals surface area contributed by atoms with Gasteiger partial charge in [0.2, 0.25) is 0 Å². The summed E-state index contributed by atoms with van der Waals surface area (Å²) in [6.45, 7) is 2.12. The maximum absolute atomic E-state index is 5.98. The van der Waals surface area contributed by atoms with E-state index in [4.69, 9.17) is 11.6 Å². The molecule has 0 amide bonds. The quantitative estimate of drug-likeness (QED) is 0.817. The first-order valence-corrected chi connectivity index (χ1v) is 6.97. The van der Waals surface area contributed by atoms with Gasteiger partial charge in [0.1, 0.15) is 0 Å². The van der Waals surface area contributed by atoms with E-state index < -0.39 is 0 Å². The first-order valence-electron chi connectivity index (χ1n) is 6.60. The molecule has 0 fully saturated rings. The zero-order valence-electron chi connectivity index (χ0n) is 11.5. The fourth-order valence-corrected chi connectivity index (χ4v) is 2.22. The van der Waals surface area contributed by atoms with Crippen LogP contribution in [-0.4, -0.2) is 37.1 Å². The summed E-state index contributed by atoms with van der Waals surface area (Å²) >= 11 is 5.98. The molecule has 0 saturated heterocycles. The third-order valence-electron chi connectivity index (χ3n) is 3.05. The Balaban J connectivity index is 1.97. The molecule has 1 N–H and O–H groups in total. The van der Waals surface area contributed by atoms with Gasteiger partial charge in [-0.1, -0.05) is 11.6 Å². The molecular formula is C15H20ClN3. The number of aromatic nitrogens is 1. The third-order valence-corrected chi connectivity index (χ3v) is 3.29. The van der Waals surface area contributed by atoms with E-state index in [1.807, 2.05) is 30.5 Å². The van der Waals surface area contributed by atoms with Crippen LogP contribution in [0.2, 0.25) is 5.02 Å². The second-order valence-corrected chi connectivity index (χ2v) is 5.39. The molecular weight excluding hydrogens is 258 g/mol. The molecule has 0 unspecified atom stereocenters. The summed E-state index contributed by atoms with van der Waals surface area (Å²) < 4.78 is 0. The topological polar surface area (TPSA) is 28.2 Å². The lowest BCUT2D eigenvalue weighted by molar-refractivity contribution is 0.396. The van der Waals surface area contributed by atoms with Crippen LogP contribution in [-0.2, 0) is 0 Å². The lowest BCUT2D eigenvalue weighted by Gasteiger charge is -2.11. The van der Waals surface area contributed by atoms with Crippen molar-refractivity contribution in [2.75, 3.05) is 32.5 Å². The number of benzene rings is 1. The van der Waals surface area contributed by atoms with Crippen LogP contribution in [0.3, 0.4) is 0 Å². The number of unbranched alkanes of at least 4 members (excludes halogenated alkanes) is 1. The average Bonchev–Trinajstić information content (AvgIpc) is 2.37. The lowest BCUT2D eigenvalue weighted by Crippen LogP contribution is -2.14. The van der Waals surface area contributed by atoms with E-state index in [0.29, 0.717) is 0 Å². The van der Waals surface area contributed by atoms with Crippen molar-refractivity contribution in [2.45, 2.75) is 12.8 Å². The van der Waals surface area contributed by atoms with Crippen LogP contribution >= 0.6 is 11.6 Å². The van der Waals surface area contributed by atoms with Gasteiger partial charge in [0.25, 0.3) is 0 Å².